The third-order valence-electron chi connectivity index (χ3n) is 6.34. The molecule has 1 N–H and O–H groups in total. The van der Waals surface area contributed by atoms with Crippen LogP contribution in [0, 0.1) is 13.8 Å². The van der Waals surface area contributed by atoms with Crippen LogP contribution >= 0.6 is 23.2 Å². The molecule has 1 saturated heterocycles. The van der Waals surface area contributed by atoms with Crippen LogP contribution in [0.3, 0.4) is 0 Å². The number of Topliss-reactive ketones (excluding diaryl/α,β-unsaturated/α-hetero) is 1. The summed E-state index contributed by atoms with van der Waals surface area (Å²) in [7, 11) is 2.91. The van der Waals surface area contributed by atoms with Gasteiger partial charge in [0.15, 0.2) is 11.5 Å². The predicted octanol–water partition coefficient (Wildman–Crippen LogP) is 6.65. The van der Waals surface area contributed by atoms with Crippen molar-refractivity contribution in [3.8, 4) is 17.2 Å². The molecule has 1 aliphatic rings. The normalized spacial score (nSPS) is 16.6. The molecule has 9 heteroatoms. The standard InChI is InChI=1S/C29H27Cl2NO6/c1-6-38-23-12-17(9-10-22(23)36-4)25-24(26(33)19-13-18(30)14-20(31)28(19)37-5)27(34)29(35)32(25)21-11-15(2)7-8-16(21)3/h7-14,25,33H,6H2,1-5H3/b26-24+. The third kappa shape index (κ3) is 4.79. The predicted molar refractivity (Wildman–Crippen MR) is 148 cm³/mol. The lowest BCUT2D eigenvalue weighted by molar-refractivity contribution is -0.132. The molecule has 1 unspecified atom stereocenters. The number of ether oxygens (including phenoxy) is 3. The monoisotopic (exact) mass is 555 g/mol. The summed E-state index contributed by atoms with van der Waals surface area (Å²) < 4.78 is 16.6. The van der Waals surface area contributed by atoms with E-state index in [1.54, 1.807) is 18.2 Å². The number of carbonyl (C=O) groups is 2. The zero-order valence-electron chi connectivity index (χ0n) is 21.6. The van der Waals surface area contributed by atoms with Crippen molar-refractivity contribution < 1.29 is 28.9 Å². The number of aliphatic hydroxyl groups is 1. The molecule has 1 atom stereocenters. The fraction of sp³-hybridized carbons (Fsp3) is 0.241. The molecule has 1 fully saturated rings. The molecule has 3 aromatic rings. The number of ketones is 1. The molecule has 1 heterocycles. The molecule has 0 aliphatic carbocycles. The zero-order chi connectivity index (χ0) is 27.7. The Bertz CT molecular complexity index is 1470. The molecule has 1 aliphatic heterocycles. The minimum atomic E-state index is -0.997. The van der Waals surface area contributed by atoms with E-state index >= 15 is 0 Å². The summed E-state index contributed by atoms with van der Waals surface area (Å²) >= 11 is 12.6. The molecular weight excluding hydrogens is 529 g/mol. The molecule has 0 bridgehead atoms. The van der Waals surface area contributed by atoms with Gasteiger partial charge in [-0.1, -0.05) is 41.4 Å². The van der Waals surface area contributed by atoms with Crippen molar-refractivity contribution in [3.63, 3.8) is 0 Å². The van der Waals surface area contributed by atoms with Crippen molar-refractivity contribution >= 4 is 46.3 Å². The molecule has 0 radical (unpaired) electrons. The Kier molecular flexibility index (Phi) is 7.90. The van der Waals surface area contributed by atoms with Gasteiger partial charge in [-0.2, -0.15) is 0 Å². The molecular formula is C29H27Cl2NO6. The van der Waals surface area contributed by atoms with Crippen molar-refractivity contribution in [1.29, 1.82) is 0 Å². The molecule has 0 spiro atoms. The first kappa shape index (κ1) is 27.4. The van der Waals surface area contributed by atoms with Gasteiger partial charge in [-0.3, -0.25) is 14.5 Å². The van der Waals surface area contributed by atoms with Crippen LogP contribution in [0.25, 0.3) is 5.76 Å². The van der Waals surface area contributed by atoms with Gasteiger partial charge in [0.25, 0.3) is 11.7 Å². The average Bonchev–Trinajstić information content (AvgIpc) is 3.15. The van der Waals surface area contributed by atoms with Crippen LogP contribution in [0.5, 0.6) is 17.2 Å². The second-order valence-corrected chi connectivity index (χ2v) is 9.61. The largest absolute Gasteiger partial charge is 0.507 e. The molecule has 0 aromatic heterocycles. The molecule has 7 nitrogen and oxygen atoms in total. The highest BCUT2D eigenvalue weighted by atomic mass is 35.5. The van der Waals surface area contributed by atoms with Crippen LogP contribution in [0.15, 0.2) is 54.1 Å². The lowest BCUT2D eigenvalue weighted by atomic mass is 9.94. The number of carbonyl (C=O) groups excluding carboxylic acids is 2. The smallest absolute Gasteiger partial charge is 0.300 e. The van der Waals surface area contributed by atoms with Crippen molar-refractivity contribution in [2.45, 2.75) is 26.8 Å². The molecule has 0 saturated carbocycles. The maximum Gasteiger partial charge on any atom is 0.300 e. The number of anilines is 1. The molecule has 1 amide bonds. The van der Waals surface area contributed by atoms with Crippen molar-refractivity contribution in [2.24, 2.45) is 0 Å². The summed E-state index contributed by atoms with van der Waals surface area (Å²) in [5.74, 6) is -1.07. The topological polar surface area (TPSA) is 85.3 Å². The highest BCUT2D eigenvalue weighted by molar-refractivity contribution is 6.52. The molecule has 38 heavy (non-hydrogen) atoms. The van der Waals surface area contributed by atoms with Gasteiger partial charge in [0.2, 0.25) is 0 Å². The van der Waals surface area contributed by atoms with E-state index in [2.05, 4.69) is 0 Å². The van der Waals surface area contributed by atoms with Crippen LogP contribution in [-0.2, 0) is 9.59 Å². The number of aryl methyl sites for hydroxylation is 2. The van der Waals surface area contributed by atoms with E-state index in [9.17, 15) is 14.7 Å². The Morgan fingerprint density at radius 3 is 2.37 bits per heavy atom. The Hall–Kier alpha value is -3.68. The Balaban J connectivity index is 2.06. The van der Waals surface area contributed by atoms with Gasteiger partial charge in [0.05, 0.1) is 43.0 Å². The van der Waals surface area contributed by atoms with E-state index in [0.29, 0.717) is 29.4 Å². The van der Waals surface area contributed by atoms with E-state index in [-0.39, 0.29) is 26.9 Å². The van der Waals surface area contributed by atoms with Gasteiger partial charge in [0, 0.05) is 10.7 Å². The lowest BCUT2D eigenvalue weighted by Crippen LogP contribution is -2.30. The van der Waals surface area contributed by atoms with Crippen LogP contribution in [0.1, 0.15) is 35.2 Å². The van der Waals surface area contributed by atoms with Crippen LogP contribution < -0.4 is 19.1 Å². The van der Waals surface area contributed by atoms with Crippen molar-refractivity contribution in [2.75, 3.05) is 25.7 Å². The summed E-state index contributed by atoms with van der Waals surface area (Å²) in [6.45, 7) is 5.96. The van der Waals surface area contributed by atoms with E-state index < -0.39 is 23.5 Å². The number of aliphatic hydroxyl groups excluding tert-OH is 1. The quantitative estimate of drug-likeness (QED) is 0.199. The number of rotatable bonds is 7. The first-order chi connectivity index (χ1) is 18.1. The summed E-state index contributed by atoms with van der Waals surface area (Å²) in [5.41, 5.74) is 2.71. The van der Waals surface area contributed by atoms with E-state index in [0.717, 1.165) is 11.1 Å². The fourth-order valence-corrected chi connectivity index (χ4v) is 5.17. The van der Waals surface area contributed by atoms with Crippen molar-refractivity contribution in [1.82, 2.24) is 0 Å². The maximum atomic E-state index is 13.6. The average molecular weight is 556 g/mol. The first-order valence-corrected chi connectivity index (χ1v) is 12.6. The fourth-order valence-electron chi connectivity index (χ4n) is 4.60. The van der Waals surface area contributed by atoms with Gasteiger partial charge in [-0.05, 0) is 67.8 Å². The van der Waals surface area contributed by atoms with Crippen molar-refractivity contribution in [3.05, 3.63) is 86.4 Å². The maximum absolute atomic E-state index is 13.6. The van der Waals surface area contributed by atoms with E-state index in [1.807, 2.05) is 39.0 Å². The lowest BCUT2D eigenvalue weighted by Gasteiger charge is -2.28. The number of hydrogen-bond donors (Lipinski definition) is 1. The van der Waals surface area contributed by atoms with Crippen LogP contribution in [0.4, 0.5) is 5.69 Å². The molecule has 4 rings (SSSR count). The highest BCUT2D eigenvalue weighted by Crippen LogP contribution is 2.47. The van der Waals surface area contributed by atoms with Gasteiger partial charge >= 0.3 is 0 Å². The second-order valence-electron chi connectivity index (χ2n) is 8.77. The summed E-state index contributed by atoms with van der Waals surface area (Å²) in [5, 5.41) is 12.0. The zero-order valence-corrected chi connectivity index (χ0v) is 23.1. The third-order valence-corrected chi connectivity index (χ3v) is 6.84. The van der Waals surface area contributed by atoms with Crippen LogP contribution in [0.2, 0.25) is 10.0 Å². The number of benzene rings is 3. The van der Waals surface area contributed by atoms with E-state index in [4.69, 9.17) is 37.4 Å². The van der Waals surface area contributed by atoms with E-state index in [1.165, 1.54) is 31.3 Å². The van der Waals surface area contributed by atoms with Gasteiger partial charge < -0.3 is 19.3 Å². The number of amides is 1. The summed E-state index contributed by atoms with van der Waals surface area (Å²) in [6, 6.07) is 12.6. The summed E-state index contributed by atoms with van der Waals surface area (Å²) in [6.07, 6.45) is 0. The van der Waals surface area contributed by atoms with Gasteiger partial charge in [-0.15, -0.1) is 0 Å². The number of methoxy groups -OCH3 is 2. The number of nitrogens with zero attached hydrogens (tertiary/aromatic N) is 1. The number of halogens is 2. The highest BCUT2D eigenvalue weighted by Gasteiger charge is 2.48. The molecule has 3 aromatic carbocycles. The second kappa shape index (κ2) is 11.0. The minimum absolute atomic E-state index is 0.0903. The first-order valence-electron chi connectivity index (χ1n) is 11.8. The Morgan fingerprint density at radius 2 is 1.71 bits per heavy atom. The summed E-state index contributed by atoms with van der Waals surface area (Å²) in [4.78, 5) is 28.6. The number of hydrogen-bond acceptors (Lipinski definition) is 6. The Labute approximate surface area is 231 Å². The van der Waals surface area contributed by atoms with Gasteiger partial charge in [-0.25, -0.2) is 0 Å². The van der Waals surface area contributed by atoms with Gasteiger partial charge in [0.1, 0.15) is 11.5 Å². The SMILES string of the molecule is CCOc1cc(C2/C(=C(\O)c3cc(Cl)cc(Cl)c3OC)C(=O)C(=O)N2c2cc(C)ccc2C)ccc1OC. The molecule has 198 valence electrons. The van der Waals surface area contributed by atoms with Crippen LogP contribution in [-0.4, -0.2) is 37.6 Å². The minimum Gasteiger partial charge on any atom is -0.507 e. The Morgan fingerprint density at radius 1 is 0.974 bits per heavy atom.